The molecule has 0 radical (unpaired) electrons. The predicted molar refractivity (Wildman–Crippen MR) is 58.2 cm³/mol. The first-order chi connectivity index (χ1) is 7.20. The van der Waals surface area contributed by atoms with Crippen molar-refractivity contribution in [3.63, 3.8) is 0 Å². The molecule has 1 aliphatic heterocycles. The van der Waals surface area contributed by atoms with Crippen LogP contribution in [-0.4, -0.2) is 17.5 Å². The van der Waals surface area contributed by atoms with Crippen molar-refractivity contribution in [2.45, 2.75) is 62.9 Å². The first kappa shape index (κ1) is 9.64. The van der Waals surface area contributed by atoms with Gasteiger partial charge >= 0.3 is 0 Å². The summed E-state index contributed by atoms with van der Waals surface area (Å²) in [7, 11) is 0. The summed E-state index contributed by atoms with van der Waals surface area (Å²) in [4.78, 5) is 12.2. The zero-order valence-corrected chi connectivity index (χ0v) is 9.22. The molecular formula is C12H20N2O. The van der Waals surface area contributed by atoms with Crippen molar-refractivity contribution < 1.29 is 4.79 Å². The molecule has 1 atom stereocenters. The zero-order valence-electron chi connectivity index (χ0n) is 9.22. The van der Waals surface area contributed by atoms with Crippen LogP contribution in [0.3, 0.4) is 0 Å². The van der Waals surface area contributed by atoms with E-state index >= 15 is 0 Å². The van der Waals surface area contributed by atoms with E-state index in [9.17, 15) is 4.79 Å². The van der Waals surface area contributed by atoms with Gasteiger partial charge in [-0.05, 0) is 25.7 Å². The fourth-order valence-corrected chi connectivity index (χ4v) is 4.08. The van der Waals surface area contributed by atoms with Gasteiger partial charge in [0.05, 0.1) is 11.0 Å². The summed E-state index contributed by atoms with van der Waals surface area (Å²) < 4.78 is 0. The molecule has 1 amide bonds. The molecule has 2 aliphatic carbocycles. The van der Waals surface area contributed by atoms with Crippen molar-refractivity contribution in [2.75, 3.05) is 0 Å². The van der Waals surface area contributed by atoms with Gasteiger partial charge in [0.2, 0.25) is 5.91 Å². The van der Waals surface area contributed by atoms with E-state index in [2.05, 4.69) is 5.32 Å². The first-order valence-electron chi connectivity index (χ1n) is 6.28. The molecule has 84 valence electrons. The van der Waals surface area contributed by atoms with Crippen LogP contribution in [0.1, 0.15) is 51.4 Å². The molecule has 3 nitrogen and oxygen atoms in total. The quantitative estimate of drug-likeness (QED) is 0.630. The van der Waals surface area contributed by atoms with E-state index in [0.29, 0.717) is 0 Å². The van der Waals surface area contributed by atoms with E-state index in [1.54, 1.807) is 0 Å². The molecule has 3 aliphatic rings. The Bertz CT molecular complexity index is 288. The Labute approximate surface area is 90.8 Å². The number of hydrogen-bond donors (Lipinski definition) is 2. The molecule has 3 heteroatoms. The summed E-state index contributed by atoms with van der Waals surface area (Å²) in [5.74, 6) is 0.259. The minimum absolute atomic E-state index is 0.0264. The molecule has 2 saturated carbocycles. The number of carbonyl (C=O) groups is 1. The van der Waals surface area contributed by atoms with Crippen LogP contribution in [0.2, 0.25) is 0 Å². The lowest BCUT2D eigenvalue weighted by Crippen LogP contribution is -2.53. The average molecular weight is 208 g/mol. The number of amides is 1. The Kier molecular flexibility index (Phi) is 1.91. The first-order valence-corrected chi connectivity index (χ1v) is 6.28. The van der Waals surface area contributed by atoms with Crippen molar-refractivity contribution >= 4 is 5.91 Å². The van der Waals surface area contributed by atoms with E-state index in [4.69, 9.17) is 5.73 Å². The third-order valence-corrected chi connectivity index (χ3v) is 5.00. The molecule has 1 unspecified atom stereocenters. The highest BCUT2D eigenvalue weighted by molar-refractivity contribution is 5.88. The number of nitrogens with one attached hydrogen (secondary N) is 1. The SMILES string of the molecule is NC1C2(CCCC2)NC(=O)C12CCCC2. The van der Waals surface area contributed by atoms with Gasteiger partial charge in [-0.3, -0.25) is 4.79 Å². The number of hydrogen-bond acceptors (Lipinski definition) is 2. The summed E-state index contributed by atoms with van der Waals surface area (Å²) in [5.41, 5.74) is 6.21. The van der Waals surface area contributed by atoms with Crippen LogP contribution in [0, 0.1) is 5.41 Å². The van der Waals surface area contributed by atoms with Crippen molar-refractivity contribution in [1.82, 2.24) is 5.32 Å². The van der Waals surface area contributed by atoms with Crippen LogP contribution in [0.15, 0.2) is 0 Å². The van der Waals surface area contributed by atoms with Gasteiger partial charge in [0, 0.05) is 6.04 Å². The van der Waals surface area contributed by atoms with E-state index in [1.807, 2.05) is 0 Å². The lowest BCUT2D eigenvalue weighted by molar-refractivity contribution is -0.127. The fraction of sp³-hybridized carbons (Fsp3) is 0.917. The standard InChI is InChI=1S/C12H20N2O/c13-9-11(5-1-2-6-11)10(15)14-12(9)7-3-4-8-12/h9H,1-8,13H2,(H,14,15). The van der Waals surface area contributed by atoms with Crippen LogP contribution in [0.5, 0.6) is 0 Å². The second kappa shape index (κ2) is 2.97. The molecule has 0 aromatic rings. The maximum Gasteiger partial charge on any atom is 0.228 e. The maximum atomic E-state index is 12.2. The number of nitrogens with two attached hydrogens (primary N) is 1. The molecule has 0 aromatic carbocycles. The van der Waals surface area contributed by atoms with Gasteiger partial charge in [-0.1, -0.05) is 25.7 Å². The van der Waals surface area contributed by atoms with Crippen molar-refractivity contribution in [1.29, 1.82) is 0 Å². The minimum Gasteiger partial charge on any atom is -0.349 e. The number of rotatable bonds is 0. The summed E-state index contributed by atoms with van der Waals surface area (Å²) >= 11 is 0. The van der Waals surface area contributed by atoms with Gasteiger partial charge in [0.25, 0.3) is 0 Å². The second-order valence-corrected chi connectivity index (χ2v) is 5.66. The summed E-state index contributed by atoms with van der Waals surface area (Å²) in [6, 6.07) is 0.0718. The Hall–Kier alpha value is -0.570. The van der Waals surface area contributed by atoms with E-state index in [-0.39, 0.29) is 22.9 Å². The Morgan fingerprint density at radius 3 is 2.20 bits per heavy atom. The highest BCUT2D eigenvalue weighted by Crippen LogP contribution is 2.51. The van der Waals surface area contributed by atoms with Gasteiger partial charge in [-0.25, -0.2) is 0 Å². The monoisotopic (exact) mass is 208 g/mol. The molecule has 0 bridgehead atoms. The van der Waals surface area contributed by atoms with Gasteiger partial charge < -0.3 is 11.1 Å². The van der Waals surface area contributed by atoms with E-state index < -0.39 is 0 Å². The molecule has 15 heavy (non-hydrogen) atoms. The fourth-order valence-electron chi connectivity index (χ4n) is 4.08. The van der Waals surface area contributed by atoms with Crippen molar-refractivity contribution in [3.8, 4) is 0 Å². The Morgan fingerprint density at radius 2 is 1.60 bits per heavy atom. The van der Waals surface area contributed by atoms with Crippen molar-refractivity contribution in [3.05, 3.63) is 0 Å². The Morgan fingerprint density at radius 1 is 1.07 bits per heavy atom. The molecule has 3 fully saturated rings. The van der Waals surface area contributed by atoms with Gasteiger partial charge in [0.15, 0.2) is 0 Å². The molecule has 1 heterocycles. The molecule has 2 spiro atoms. The van der Waals surface area contributed by atoms with Gasteiger partial charge in [-0.2, -0.15) is 0 Å². The van der Waals surface area contributed by atoms with E-state index in [1.165, 1.54) is 25.7 Å². The Balaban J connectivity index is 1.95. The molecular weight excluding hydrogens is 188 g/mol. The topological polar surface area (TPSA) is 55.1 Å². The van der Waals surface area contributed by atoms with Crippen LogP contribution in [-0.2, 0) is 4.79 Å². The van der Waals surface area contributed by atoms with Gasteiger partial charge in [-0.15, -0.1) is 0 Å². The molecule has 3 rings (SSSR count). The van der Waals surface area contributed by atoms with Crippen LogP contribution >= 0.6 is 0 Å². The summed E-state index contributed by atoms with van der Waals surface area (Å²) in [5, 5.41) is 3.25. The smallest absolute Gasteiger partial charge is 0.228 e. The lowest BCUT2D eigenvalue weighted by Gasteiger charge is -2.33. The maximum absolute atomic E-state index is 12.2. The second-order valence-electron chi connectivity index (χ2n) is 5.66. The molecule has 1 saturated heterocycles. The van der Waals surface area contributed by atoms with E-state index in [0.717, 1.165) is 25.7 Å². The number of carbonyl (C=O) groups excluding carboxylic acids is 1. The highest BCUT2D eigenvalue weighted by Gasteiger charge is 2.61. The molecule has 3 N–H and O–H groups in total. The van der Waals surface area contributed by atoms with Crippen LogP contribution < -0.4 is 11.1 Å². The average Bonchev–Trinajstić information content (AvgIpc) is 2.88. The largest absolute Gasteiger partial charge is 0.349 e. The third kappa shape index (κ3) is 1.07. The summed E-state index contributed by atoms with van der Waals surface area (Å²) in [6.45, 7) is 0. The van der Waals surface area contributed by atoms with Crippen LogP contribution in [0.25, 0.3) is 0 Å². The van der Waals surface area contributed by atoms with Crippen molar-refractivity contribution in [2.24, 2.45) is 11.1 Å². The third-order valence-electron chi connectivity index (χ3n) is 5.00. The zero-order chi connectivity index (χ0) is 10.5. The van der Waals surface area contributed by atoms with Gasteiger partial charge in [0.1, 0.15) is 0 Å². The minimum atomic E-state index is -0.190. The normalized spacial score (nSPS) is 36.6. The molecule has 0 aromatic heterocycles. The predicted octanol–water partition coefficient (Wildman–Crippen LogP) is 1.32. The highest BCUT2D eigenvalue weighted by atomic mass is 16.2. The lowest BCUT2D eigenvalue weighted by atomic mass is 9.73. The van der Waals surface area contributed by atoms with Crippen LogP contribution in [0.4, 0.5) is 0 Å². The summed E-state index contributed by atoms with van der Waals surface area (Å²) in [6.07, 6.45) is 9.04.